The third-order valence-electron chi connectivity index (χ3n) is 7.70. The van der Waals surface area contributed by atoms with Crippen LogP contribution in [0.1, 0.15) is 60.3 Å². The molecule has 168 valence electrons. The summed E-state index contributed by atoms with van der Waals surface area (Å²) in [5.74, 6) is 1.70. The molecule has 0 aromatic rings. The number of rotatable bonds is 6. The molecule has 0 amide bonds. The molecule has 4 fully saturated rings. The average Bonchev–Trinajstić information content (AvgIpc) is 2.59. The first kappa shape index (κ1) is 22.0. The Morgan fingerprint density at radius 3 is 2.21 bits per heavy atom. The van der Waals surface area contributed by atoms with Crippen LogP contribution in [0.25, 0.3) is 0 Å². The fourth-order valence-corrected chi connectivity index (χ4v) is 5.90. The minimum Gasteiger partial charge on any atom is -0.377 e. The zero-order chi connectivity index (χ0) is 20.6. The molecule has 0 radical (unpaired) electrons. The molecule has 0 N–H and O–H groups in total. The van der Waals surface area contributed by atoms with Crippen molar-refractivity contribution in [3.63, 3.8) is 0 Å². The van der Waals surface area contributed by atoms with Gasteiger partial charge in [0.1, 0.15) is 0 Å². The van der Waals surface area contributed by atoms with E-state index in [9.17, 15) is 0 Å². The number of hydrogen-bond donors (Lipinski definition) is 0. The molecule has 3 saturated heterocycles. The van der Waals surface area contributed by atoms with Gasteiger partial charge >= 0.3 is 0 Å². The molecular weight excluding hydrogens is 362 g/mol. The Bertz CT molecular complexity index is 529. The number of ether oxygens (including phenoxy) is 2. The van der Waals surface area contributed by atoms with Crippen molar-refractivity contribution in [3.05, 3.63) is 0 Å². The summed E-state index contributed by atoms with van der Waals surface area (Å²) in [6, 6.07) is 0.700. The second kappa shape index (κ2) is 8.74. The lowest BCUT2D eigenvalue weighted by Gasteiger charge is -2.57. The van der Waals surface area contributed by atoms with Gasteiger partial charge in [0.05, 0.1) is 30.5 Å². The zero-order valence-corrected chi connectivity index (χ0v) is 19.7. The summed E-state index contributed by atoms with van der Waals surface area (Å²) >= 11 is 0. The van der Waals surface area contributed by atoms with E-state index < -0.39 is 0 Å². The number of likely N-dealkylation sites (tertiary alicyclic amines) is 1. The highest BCUT2D eigenvalue weighted by Crippen LogP contribution is 2.36. The van der Waals surface area contributed by atoms with Crippen LogP contribution in [0.4, 0.5) is 0 Å². The van der Waals surface area contributed by atoms with E-state index >= 15 is 0 Å². The lowest BCUT2D eigenvalue weighted by atomic mass is 9.80. The molecule has 0 unspecified atom stereocenters. The number of piperidine rings is 1. The summed E-state index contributed by atoms with van der Waals surface area (Å²) < 4.78 is 11.9. The highest BCUT2D eigenvalue weighted by atomic mass is 16.5. The molecule has 3 heterocycles. The van der Waals surface area contributed by atoms with E-state index in [1.54, 1.807) is 0 Å². The van der Waals surface area contributed by atoms with Crippen LogP contribution in [0.5, 0.6) is 0 Å². The first-order chi connectivity index (χ1) is 13.7. The lowest BCUT2D eigenvalue weighted by molar-refractivity contribution is -0.178. The van der Waals surface area contributed by atoms with E-state index in [-0.39, 0.29) is 5.60 Å². The predicted molar refractivity (Wildman–Crippen MR) is 118 cm³/mol. The minimum atomic E-state index is -0.0000907. The van der Waals surface area contributed by atoms with Crippen molar-refractivity contribution in [2.24, 2.45) is 11.8 Å². The summed E-state index contributed by atoms with van der Waals surface area (Å²) in [4.78, 5) is 8.19. The molecule has 0 aromatic carbocycles. The summed E-state index contributed by atoms with van der Waals surface area (Å²) in [7, 11) is 0. The summed E-state index contributed by atoms with van der Waals surface area (Å²) in [6.07, 6.45) is 5.71. The summed E-state index contributed by atoms with van der Waals surface area (Å²) in [5.41, 5.74) is 0.304. The SMILES string of the molecule is CC(C)N1CCC(CN2CCN(CC3CC(OC(C)(C)C)C3)CC23COC3)CC1. The molecule has 4 rings (SSSR count). The molecule has 1 spiro atoms. The Morgan fingerprint density at radius 2 is 1.66 bits per heavy atom. The van der Waals surface area contributed by atoms with Crippen molar-refractivity contribution in [2.45, 2.75) is 83.6 Å². The molecular formula is C24H45N3O2. The summed E-state index contributed by atoms with van der Waals surface area (Å²) in [6.45, 7) is 21.8. The van der Waals surface area contributed by atoms with Gasteiger partial charge in [-0.2, -0.15) is 0 Å². The Hall–Kier alpha value is -0.200. The molecule has 3 aliphatic heterocycles. The van der Waals surface area contributed by atoms with Crippen LogP contribution in [0, 0.1) is 11.8 Å². The first-order valence-electron chi connectivity index (χ1n) is 12.2. The molecule has 1 aliphatic carbocycles. The largest absolute Gasteiger partial charge is 0.377 e. The van der Waals surface area contributed by atoms with E-state index in [2.05, 4.69) is 49.3 Å². The monoisotopic (exact) mass is 407 g/mol. The van der Waals surface area contributed by atoms with Gasteiger partial charge in [0.2, 0.25) is 0 Å². The van der Waals surface area contributed by atoms with Crippen LogP contribution in [-0.2, 0) is 9.47 Å². The van der Waals surface area contributed by atoms with Crippen LogP contribution in [0.2, 0.25) is 0 Å². The molecule has 5 nitrogen and oxygen atoms in total. The third-order valence-corrected chi connectivity index (χ3v) is 7.70. The van der Waals surface area contributed by atoms with Gasteiger partial charge in [-0.05, 0) is 85.2 Å². The maximum Gasteiger partial charge on any atom is 0.0807 e. The van der Waals surface area contributed by atoms with E-state index in [0.717, 1.165) is 25.0 Å². The van der Waals surface area contributed by atoms with Crippen LogP contribution in [-0.4, -0.2) is 97.0 Å². The quantitative estimate of drug-likeness (QED) is 0.675. The van der Waals surface area contributed by atoms with Gasteiger partial charge < -0.3 is 14.4 Å². The number of piperazine rings is 1. The summed E-state index contributed by atoms with van der Waals surface area (Å²) in [5, 5.41) is 0. The molecule has 5 heteroatoms. The van der Waals surface area contributed by atoms with Gasteiger partial charge in [0.25, 0.3) is 0 Å². The van der Waals surface area contributed by atoms with E-state index in [0.29, 0.717) is 17.7 Å². The molecule has 29 heavy (non-hydrogen) atoms. The van der Waals surface area contributed by atoms with Crippen LogP contribution < -0.4 is 0 Å². The topological polar surface area (TPSA) is 28.2 Å². The van der Waals surface area contributed by atoms with E-state index in [1.807, 2.05) is 0 Å². The second-order valence-corrected chi connectivity index (χ2v) is 11.7. The van der Waals surface area contributed by atoms with Crippen LogP contribution in [0.3, 0.4) is 0 Å². The van der Waals surface area contributed by atoms with Crippen LogP contribution in [0.15, 0.2) is 0 Å². The molecule has 0 atom stereocenters. The molecule has 4 aliphatic rings. The second-order valence-electron chi connectivity index (χ2n) is 11.7. The van der Waals surface area contributed by atoms with Gasteiger partial charge in [-0.3, -0.25) is 9.80 Å². The standard InChI is InChI=1S/C24H45N3O2/c1-19(2)26-8-6-20(7-9-26)15-27-11-10-25(16-24(27)17-28-18-24)14-21-12-22(13-21)29-23(3,4)5/h19-22H,6-18H2,1-5H3. The van der Waals surface area contributed by atoms with Crippen LogP contribution >= 0.6 is 0 Å². The Labute approximate surface area is 179 Å². The maximum absolute atomic E-state index is 6.14. The number of hydrogen-bond acceptors (Lipinski definition) is 5. The minimum absolute atomic E-state index is 0.0000907. The third kappa shape index (κ3) is 5.35. The van der Waals surface area contributed by atoms with Crippen molar-refractivity contribution >= 4 is 0 Å². The van der Waals surface area contributed by atoms with Crippen molar-refractivity contribution in [1.82, 2.24) is 14.7 Å². The van der Waals surface area contributed by atoms with Crippen molar-refractivity contribution in [2.75, 3.05) is 59.0 Å². The Morgan fingerprint density at radius 1 is 0.966 bits per heavy atom. The first-order valence-corrected chi connectivity index (χ1v) is 12.2. The molecule has 0 bridgehead atoms. The van der Waals surface area contributed by atoms with Gasteiger partial charge in [-0.25, -0.2) is 0 Å². The smallest absolute Gasteiger partial charge is 0.0807 e. The lowest BCUT2D eigenvalue weighted by Crippen LogP contribution is -2.72. The van der Waals surface area contributed by atoms with Crippen molar-refractivity contribution < 1.29 is 9.47 Å². The van der Waals surface area contributed by atoms with Gasteiger partial charge in [-0.15, -0.1) is 0 Å². The van der Waals surface area contributed by atoms with Gasteiger partial charge in [0.15, 0.2) is 0 Å². The fraction of sp³-hybridized carbons (Fsp3) is 1.00. The average molecular weight is 408 g/mol. The molecule has 0 aromatic heterocycles. The van der Waals surface area contributed by atoms with Gasteiger partial charge in [0, 0.05) is 38.8 Å². The maximum atomic E-state index is 6.14. The number of nitrogens with zero attached hydrogens (tertiary/aromatic N) is 3. The highest BCUT2D eigenvalue weighted by molar-refractivity contribution is 5.03. The molecule has 1 saturated carbocycles. The zero-order valence-electron chi connectivity index (χ0n) is 19.7. The Kier molecular flexibility index (Phi) is 6.63. The Balaban J connectivity index is 1.22. The van der Waals surface area contributed by atoms with E-state index in [4.69, 9.17) is 9.47 Å². The van der Waals surface area contributed by atoms with Gasteiger partial charge in [-0.1, -0.05) is 0 Å². The van der Waals surface area contributed by atoms with E-state index in [1.165, 1.54) is 71.5 Å². The van der Waals surface area contributed by atoms with Crippen molar-refractivity contribution in [3.8, 4) is 0 Å². The fourth-order valence-electron chi connectivity index (χ4n) is 5.90. The predicted octanol–water partition coefficient (Wildman–Crippen LogP) is 3.09. The van der Waals surface area contributed by atoms with Crippen molar-refractivity contribution in [1.29, 1.82) is 0 Å². The normalized spacial score (nSPS) is 32.5. The highest BCUT2D eigenvalue weighted by Gasteiger charge is 2.49.